The fraction of sp³-hybridized carbons (Fsp3) is 0.438. The van der Waals surface area contributed by atoms with Crippen LogP contribution in [0.1, 0.15) is 31.2 Å². The van der Waals surface area contributed by atoms with Gasteiger partial charge >= 0.3 is 0 Å². The summed E-state index contributed by atoms with van der Waals surface area (Å²) in [7, 11) is 0. The third-order valence-corrected chi connectivity index (χ3v) is 3.85. The summed E-state index contributed by atoms with van der Waals surface area (Å²) in [5.41, 5.74) is 1.46. The van der Waals surface area contributed by atoms with Crippen molar-refractivity contribution >= 4 is 0 Å². The molecule has 2 aromatic rings. The number of nitrogens with one attached hydrogen (secondary N) is 1. The van der Waals surface area contributed by atoms with Crippen LogP contribution in [0, 0.1) is 0 Å². The quantitative estimate of drug-likeness (QED) is 0.931. The predicted molar refractivity (Wildman–Crippen MR) is 78.2 cm³/mol. The second-order valence-electron chi connectivity index (χ2n) is 6.07. The van der Waals surface area contributed by atoms with Gasteiger partial charge in [0.1, 0.15) is 0 Å². The van der Waals surface area contributed by atoms with E-state index in [2.05, 4.69) is 59.6 Å². The summed E-state index contributed by atoms with van der Waals surface area (Å²) in [4.78, 5) is 2.46. The molecule has 3 rings (SSSR count). The summed E-state index contributed by atoms with van der Waals surface area (Å²) in [6, 6.07) is 13.0. The minimum Gasteiger partial charge on any atom is -0.360 e. The minimum absolute atomic E-state index is 0.116. The molecular formula is C16H21N3O. The number of piperazine rings is 1. The van der Waals surface area contributed by atoms with Crippen molar-refractivity contribution in [2.24, 2.45) is 0 Å². The Labute approximate surface area is 119 Å². The lowest BCUT2D eigenvalue weighted by atomic mass is 9.95. The highest BCUT2D eigenvalue weighted by Crippen LogP contribution is 2.28. The maximum Gasteiger partial charge on any atom is 0.150 e. The van der Waals surface area contributed by atoms with E-state index in [1.165, 1.54) is 5.56 Å². The van der Waals surface area contributed by atoms with Crippen molar-refractivity contribution in [2.45, 2.75) is 32.0 Å². The standard InChI is InChI=1S/C16H21N3O/c1-16(2)12-19(11-14-8-9-18-20-14)15(10-17-16)13-6-4-3-5-7-13/h3-9,15,17H,10-12H2,1-2H3. The minimum atomic E-state index is 0.116. The Balaban J connectivity index is 1.83. The molecule has 106 valence electrons. The number of hydrogen-bond acceptors (Lipinski definition) is 4. The lowest BCUT2D eigenvalue weighted by Crippen LogP contribution is -2.57. The summed E-state index contributed by atoms with van der Waals surface area (Å²) in [5, 5.41) is 7.43. The topological polar surface area (TPSA) is 41.3 Å². The average molecular weight is 271 g/mol. The summed E-state index contributed by atoms with van der Waals surface area (Å²) >= 11 is 0. The maximum atomic E-state index is 5.28. The van der Waals surface area contributed by atoms with E-state index in [1.807, 2.05) is 6.07 Å². The highest BCUT2D eigenvalue weighted by molar-refractivity contribution is 5.21. The van der Waals surface area contributed by atoms with Gasteiger partial charge in [0.2, 0.25) is 0 Å². The van der Waals surface area contributed by atoms with E-state index in [4.69, 9.17) is 4.52 Å². The molecule has 20 heavy (non-hydrogen) atoms. The third kappa shape index (κ3) is 2.92. The van der Waals surface area contributed by atoms with Crippen LogP contribution < -0.4 is 5.32 Å². The van der Waals surface area contributed by atoms with E-state index in [1.54, 1.807) is 6.20 Å². The molecule has 0 spiro atoms. The van der Waals surface area contributed by atoms with Gasteiger partial charge in [-0.2, -0.15) is 0 Å². The SMILES string of the molecule is CC1(C)CN(Cc2ccno2)C(c2ccccc2)CN1. The van der Waals surface area contributed by atoms with Crippen LogP contribution in [-0.2, 0) is 6.54 Å². The molecule has 1 saturated heterocycles. The first kappa shape index (κ1) is 13.3. The average Bonchev–Trinajstić information content (AvgIpc) is 2.92. The van der Waals surface area contributed by atoms with Crippen molar-refractivity contribution in [1.82, 2.24) is 15.4 Å². The molecular weight excluding hydrogens is 250 g/mol. The van der Waals surface area contributed by atoms with Gasteiger partial charge < -0.3 is 9.84 Å². The zero-order chi connectivity index (χ0) is 14.0. The molecule has 0 radical (unpaired) electrons. The maximum absolute atomic E-state index is 5.28. The summed E-state index contributed by atoms with van der Waals surface area (Å²) in [5.74, 6) is 0.920. The highest BCUT2D eigenvalue weighted by Gasteiger charge is 2.33. The van der Waals surface area contributed by atoms with Gasteiger partial charge in [0.15, 0.2) is 5.76 Å². The number of nitrogens with zero attached hydrogens (tertiary/aromatic N) is 2. The highest BCUT2D eigenvalue weighted by atomic mass is 16.5. The van der Waals surface area contributed by atoms with Gasteiger partial charge in [-0.1, -0.05) is 35.5 Å². The Bertz CT molecular complexity index is 536. The van der Waals surface area contributed by atoms with Crippen LogP contribution in [-0.4, -0.2) is 28.7 Å². The molecule has 0 saturated carbocycles. The summed E-state index contributed by atoms with van der Waals surface area (Å²) in [6.07, 6.45) is 1.71. The molecule has 0 bridgehead atoms. The van der Waals surface area contributed by atoms with E-state index in [-0.39, 0.29) is 5.54 Å². The Morgan fingerprint density at radius 2 is 2.10 bits per heavy atom. The number of rotatable bonds is 3. The molecule has 4 nitrogen and oxygen atoms in total. The monoisotopic (exact) mass is 271 g/mol. The number of hydrogen-bond donors (Lipinski definition) is 1. The van der Waals surface area contributed by atoms with Gasteiger partial charge in [-0.15, -0.1) is 0 Å². The molecule has 1 fully saturated rings. The molecule has 1 N–H and O–H groups in total. The molecule has 1 aromatic heterocycles. The van der Waals surface area contributed by atoms with Gasteiger partial charge in [-0.05, 0) is 19.4 Å². The van der Waals surface area contributed by atoms with Crippen molar-refractivity contribution in [3.05, 3.63) is 53.9 Å². The zero-order valence-corrected chi connectivity index (χ0v) is 12.0. The largest absolute Gasteiger partial charge is 0.360 e. The predicted octanol–water partition coefficient (Wildman–Crippen LogP) is 2.60. The Hall–Kier alpha value is -1.65. The first-order valence-corrected chi connectivity index (χ1v) is 7.08. The van der Waals surface area contributed by atoms with Crippen molar-refractivity contribution in [3.63, 3.8) is 0 Å². The number of aromatic nitrogens is 1. The van der Waals surface area contributed by atoms with Crippen molar-refractivity contribution < 1.29 is 4.52 Å². The van der Waals surface area contributed by atoms with Crippen LogP contribution in [0.25, 0.3) is 0 Å². The van der Waals surface area contributed by atoms with E-state index < -0.39 is 0 Å². The molecule has 1 atom stereocenters. The van der Waals surface area contributed by atoms with Crippen molar-refractivity contribution in [1.29, 1.82) is 0 Å². The van der Waals surface area contributed by atoms with E-state index in [0.29, 0.717) is 6.04 Å². The molecule has 1 unspecified atom stereocenters. The molecule has 1 aliphatic rings. The van der Waals surface area contributed by atoms with E-state index >= 15 is 0 Å². The van der Waals surface area contributed by atoms with Crippen LogP contribution in [0.15, 0.2) is 47.1 Å². The van der Waals surface area contributed by atoms with Gasteiger partial charge in [0, 0.05) is 30.7 Å². The van der Waals surface area contributed by atoms with E-state index in [9.17, 15) is 0 Å². The molecule has 2 heterocycles. The third-order valence-electron chi connectivity index (χ3n) is 3.85. The van der Waals surface area contributed by atoms with Crippen molar-refractivity contribution in [2.75, 3.05) is 13.1 Å². The van der Waals surface area contributed by atoms with Gasteiger partial charge in [0.25, 0.3) is 0 Å². The molecule has 0 aliphatic carbocycles. The Kier molecular flexibility index (Phi) is 3.59. The van der Waals surface area contributed by atoms with Crippen LogP contribution in [0.5, 0.6) is 0 Å². The number of benzene rings is 1. The van der Waals surface area contributed by atoms with Crippen LogP contribution in [0.2, 0.25) is 0 Å². The second kappa shape index (κ2) is 5.38. The van der Waals surface area contributed by atoms with E-state index in [0.717, 1.165) is 25.4 Å². The normalized spacial score (nSPS) is 22.8. The lowest BCUT2D eigenvalue weighted by Gasteiger charge is -2.44. The fourth-order valence-corrected chi connectivity index (χ4v) is 2.87. The molecule has 4 heteroatoms. The molecule has 1 aromatic carbocycles. The van der Waals surface area contributed by atoms with Gasteiger partial charge in [-0.3, -0.25) is 4.90 Å². The van der Waals surface area contributed by atoms with Crippen LogP contribution >= 0.6 is 0 Å². The first-order chi connectivity index (χ1) is 9.64. The Morgan fingerprint density at radius 1 is 1.30 bits per heavy atom. The fourth-order valence-electron chi connectivity index (χ4n) is 2.87. The van der Waals surface area contributed by atoms with Gasteiger partial charge in [-0.25, -0.2) is 0 Å². The molecule has 1 aliphatic heterocycles. The van der Waals surface area contributed by atoms with Crippen LogP contribution in [0.4, 0.5) is 0 Å². The van der Waals surface area contributed by atoms with Crippen LogP contribution in [0.3, 0.4) is 0 Å². The lowest BCUT2D eigenvalue weighted by molar-refractivity contribution is 0.0791. The first-order valence-electron chi connectivity index (χ1n) is 7.08. The summed E-state index contributed by atoms with van der Waals surface area (Å²) in [6.45, 7) is 7.20. The smallest absolute Gasteiger partial charge is 0.150 e. The zero-order valence-electron chi connectivity index (χ0n) is 12.0. The second-order valence-corrected chi connectivity index (χ2v) is 6.07. The summed E-state index contributed by atoms with van der Waals surface area (Å²) < 4.78 is 5.28. The van der Waals surface area contributed by atoms with Crippen molar-refractivity contribution in [3.8, 4) is 0 Å². The van der Waals surface area contributed by atoms with Gasteiger partial charge in [0.05, 0.1) is 12.7 Å². The molecule has 0 amide bonds. The Morgan fingerprint density at radius 3 is 2.80 bits per heavy atom.